The minimum atomic E-state index is -0.749. The molecule has 5 nitrogen and oxygen atoms in total. The number of rotatable bonds is 3. The highest BCUT2D eigenvalue weighted by Crippen LogP contribution is 2.35. The Balaban J connectivity index is 1.29. The molecule has 3 aromatic rings. The summed E-state index contributed by atoms with van der Waals surface area (Å²) in [6, 6.07) is 14.2. The summed E-state index contributed by atoms with van der Waals surface area (Å²) in [6.45, 7) is 0.986. The van der Waals surface area contributed by atoms with Gasteiger partial charge in [-0.25, -0.2) is 4.39 Å². The number of carbonyl (C=O) groups excluding carboxylic acids is 2. The second-order valence-electron chi connectivity index (χ2n) is 7.78. The molecule has 6 heteroatoms. The zero-order valence-corrected chi connectivity index (χ0v) is 16.3. The van der Waals surface area contributed by atoms with Crippen molar-refractivity contribution >= 4 is 28.4 Å². The number of nitrogens with zero attached hydrogens (tertiary/aromatic N) is 1. The minimum Gasteiger partial charge on any atom is -0.457 e. The first-order chi connectivity index (χ1) is 14.6. The number of esters is 1. The molecular weight excluding hydrogens is 383 g/mol. The molecule has 0 radical (unpaired) electrons. The van der Waals surface area contributed by atoms with E-state index in [2.05, 4.69) is 4.98 Å². The van der Waals surface area contributed by atoms with Crippen molar-refractivity contribution in [3.05, 3.63) is 77.7 Å². The molecule has 1 aromatic heterocycles. The number of ether oxygens (including phenoxy) is 1. The van der Waals surface area contributed by atoms with Crippen LogP contribution in [0.4, 0.5) is 4.39 Å². The SMILES string of the molecule is O=C1OC(c2ccccc2)CC1C(=O)N1CC=C(c2c[nH]c3cc(F)ccc23)CC1. The van der Waals surface area contributed by atoms with Crippen molar-refractivity contribution in [1.29, 1.82) is 0 Å². The smallest absolute Gasteiger partial charge is 0.319 e. The van der Waals surface area contributed by atoms with Crippen molar-refractivity contribution in [3.8, 4) is 0 Å². The fourth-order valence-corrected chi connectivity index (χ4v) is 4.35. The van der Waals surface area contributed by atoms with Crippen LogP contribution in [-0.4, -0.2) is 34.8 Å². The van der Waals surface area contributed by atoms with Crippen LogP contribution in [0.5, 0.6) is 0 Å². The summed E-state index contributed by atoms with van der Waals surface area (Å²) in [5, 5.41) is 0.965. The molecule has 30 heavy (non-hydrogen) atoms. The van der Waals surface area contributed by atoms with Gasteiger partial charge in [0.2, 0.25) is 5.91 Å². The maximum Gasteiger partial charge on any atom is 0.319 e. The average Bonchev–Trinajstić information content (AvgIpc) is 3.37. The summed E-state index contributed by atoms with van der Waals surface area (Å²) in [7, 11) is 0. The fraction of sp³-hybridized carbons (Fsp3) is 0.250. The molecule has 0 saturated carbocycles. The fourth-order valence-electron chi connectivity index (χ4n) is 4.35. The molecule has 2 atom stereocenters. The standard InChI is InChI=1S/C24H21FN2O3/c25-17-6-7-18-20(14-26-21(18)12-17)15-8-10-27(11-9-15)23(28)19-13-22(30-24(19)29)16-4-2-1-3-5-16/h1-8,12,14,19,22,26H,9-11,13H2. The molecule has 0 aliphatic carbocycles. The third-order valence-corrected chi connectivity index (χ3v) is 5.97. The number of carbonyl (C=O) groups is 2. The Morgan fingerprint density at radius 2 is 2.00 bits per heavy atom. The predicted octanol–water partition coefficient (Wildman–Crippen LogP) is 4.23. The Bertz CT molecular complexity index is 1150. The average molecular weight is 404 g/mol. The molecule has 2 unspecified atom stereocenters. The van der Waals surface area contributed by atoms with Gasteiger partial charge in [-0.05, 0) is 35.8 Å². The van der Waals surface area contributed by atoms with Gasteiger partial charge in [-0.1, -0.05) is 36.4 Å². The Morgan fingerprint density at radius 3 is 2.77 bits per heavy atom. The molecule has 152 valence electrons. The molecule has 2 aliphatic heterocycles. The van der Waals surface area contributed by atoms with Crippen LogP contribution in [0.15, 0.2) is 60.8 Å². The Labute approximate surface area is 173 Å². The van der Waals surface area contributed by atoms with Crippen LogP contribution in [-0.2, 0) is 14.3 Å². The lowest BCUT2D eigenvalue weighted by atomic mass is 9.96. The summed E-state index contributed by atoms with van der Waals surface area (Å²) >= 11 is 0. The largest absolute Gasteiger partial charge is 0.457 e. The van der Waals surface area contributed by atoms with Gasteiger partial charge in [0.05, 0.1) is 0 Å². The lowest BCUT2D eigenvalue weighted by molar-refractivity contribution is -0.150. The molecule has 0 bridgehead atoms. The van der Waals surface area contributed by atoms with Gasteiger partial charge >= 0.3 is 5.97 Å². The molecule has 5 rings (SSSR count). The van der Waals surface area contributed by atoms with Crippen LogP contribution in [0.1, 0.15) is 30.1 Å². The van der Waals surface area contributed by atoms with E-state index in [1.54, 1.807) is 11.0 Å². The minimum absolute atomic E-state index is 0.172. The molecule has 2 aromatic carbocycles. The molecule has 0 spiro atoms. The number of aromatic amines is 1. The number of halogens is 1. The summed E-state index contributed by atoms with van der Waals surface area (Å²) in [4.78, 5) is 30.2. The Hall–Kier alpha value is -3.41. The van der Waals surface area contributed by atoms with E-state index in [4.69, 9.17) is 4.74 Å². The first-order valence-corrected chi connectivity index (χ1v) is 10.1. The third-order valence-electron chi connectivity index (χ3n) is 5.97. The van der Waals surface area contributed by atoms with Gasteiger partial charge in [0.1, 0.15) is 17.8 Å². The first kappa shape index (κ1) is 18.6. The maximum atomic E-state index is 13.4. The van der Waals surface area contributed by atoms with Gasteiger partial charge < -0.3 is 14.6 Å². The van der Waals surface area contributed by atoms with Crippen LogP contribution >= 0.6 is 0 Å². The maximum absolute atomic E-state index is 13.4. The molecule has 1 fully saturated rings. The predicted molar refractivity (Wildman–Crippen MR) is 111 cm³/mol. The lowest BCUT2D eigenvalue weighted by Crippen LogP contribution is -2.40. The van der Waals surface area contributed by atoms with Crippen molar-refractivity contribution in [3.63, 3.8) is 0 Å². The summed E-state index contributed by atoms with van der Waals surface area (Å²) in [5.41, 5.74) is 3.82. The second-order valence-corrected chi connectivity index (χ2v) is 7.78. The van der Waals surface area contributed by atoms with E-state index in [1.165, 1.54) is 12.1 Å². The van der Waals surface area contributed by atoms with Crippen molar-refractivity contribution < 1.29 is 18.7 Å². The number of hydrogen-bond donors (Lipinski definition) is 1. The molecule has 3 heterocycles. The quantitative estimate of drug-likeness (QED) is 0.525. The lowest BCUT2D eigenvalue weighted by Gasteiger charge is -2.28. The highest BCUT2D eigenvalue weighted by atomic mass is 19.1. The Morgan fingerprint density at radius 1 is 1.17 bits per heavy atom. The van der Waals surface area contributed by atoms with Crippen molar-refractivity contribution in [2.75, 3.05) is 13.1 Å². The van der Waals surface area contributed by atoms with E-state index in [0.29, 0.717) is 25.9 Å². The molecule has 1 saturated heterocycles. The van der Waals surface area contributed by atoms with Crippen molar-refractivity contribution in [1.82, 2.24) is 9.88 Å². The highest BCUT2D eigenvalue weighted by Gasteiger charge is 2.42. The van der Waals surface area contributed by atoms with Crippen LogP contribution in [0.2, 0.25) is 0 Å². The number of amides is 1. The molecule has 1 amide bonds. The number of hydrogen-bond acceptors (Lipinski definition) is 3. The first-order valence-electron chi connectivity index (χ1n) is 10.1. The van der Waals surface area contributed by atoms with E-state index >= 15 is 0 Å². The van der Waals surface area contributed by atoms with Crippen LogP contribution in [0.25, 0.3) is 16.5 Å². The highest BCUT2D eigenvalue weighted by molar-refractivity contribution is 5.99. The number of fused-ring (bicyclic) bond motifs is 1. The monoisotopic (exact) mass is 404 g/mol. The zero-order chi connectivity index (χ0) is 20.7. The summed E-state index contributed by atoms with van der Waals surface area (Å²) < 4.78 is 18.9. The molecular formula is C24H21FN2O3. The second kappa shape index (κ2) is 7.44. The van der Waals surface area contributed by atoms with E-state index in [1.807, 2.05) is 42.6 Å². The number of H-pyrrole nitrogens is 1. The Kier molecular flexibility index (Phi) is 4.62. The van der Waals surface area contributed by atoms with E-state index < -0.39 is 11.9 Å². The summed E-state index contributed by atoms with van der Waals surface area (Å²) in [6.07, 6.45) is 4.59. The molecule has 1 N–H and O–H groups in total. The van der Waals surface area contributed by atoms with Gasteiger partial charge in [0.15, 0.2) is 0 Å². The van der Waals surface area contributed by atoms with Gasteiger partial charge in [0.25, 0.3) is 0 Å². The van der Waals surface area contributed by atoms with Gasteiger partial charge in [-0.2, -0.15) is 0 Å². The van der Waals surface area contributed by atoms with Gasteiger partial charge in [-0.15, -0.1) is 0 Å². The normalized spacial score (nSPS) is 21.6. The van der Waals surface area contributed by atoms with E-state index in [9.17, 15) is 14.0 Å². The van der Waals surface area contributed by atoms with Crippen molar-refractivity contribution in [2.24, 2.45) is 5.92 Å². The van der Waals surface area contributed by atoms with Crippen LogP contribution in [0, 0.1) is 11.7 Å². The van der Waals surface area contributed by atoms with E-state index in [0.717, 1.165) is 27.6 Å². The molecule has 2 aliphatic rings. The number of benzene rings is 2. The zero-order valence-electron chi connectivity index (χ0n) is 16.3. The van der Waals surface area contributed by atoms with Crippen LogP contribution in [0.3, 0.4) is 0 Å². The van der Waals surface area contributed by atoms with Gasteiger partial charge in [0, 0.05) is 42.2 Å². The number of nitrogens with one attached hydrogen (secondary N) is 1. The van der Waals surface area contributed by atoms with Crippen molar-refractivity contribution in [2.45, 2.75) is 18.9 Å². The topological polar surface area (TPSA) is 62.4 Å². The number of cyclic esters (lactones) is 1. The summed E-state index contributed by atoms with van der Waals surface area (Å²) in [5.74, 6) is -1.64. The number of aromatic nitrogens is 1. The van der Waals surface area contributed by atoms with E-state index in [-0.39, 0.29) is 17.8 Å². The van der Waals surface area contributed by atoms with Crippen LogP contribution < -0.4 is 0 Å². The third kappa shape index (κ3) is 3.28. The van der Waals surface area contributed by atoms with Gasteiger partial charge in [-0.3, -0.25) is 9.59 Å².